The summed E-state index contributed by atoms with van der Waals surface area (Å²) in [5, 5.41) is 0. The third kappa shape index (κ3) is 3.86. The van der Waals surface area contributed by atoms with Crippen LogP contribution in [0.5, 0.6) is 11.5 Å². The summed E-state index contributed by atoms with van der Waals surface area (Å²) >= 11 is 3.49. The van der Waals surface area contributed by atoms with Gasteiger partial charge in [0.25, 0.3) is 5.91 Å². The number of amidine groups is 1. The van der Waals surface area contributed by atoms with E-state index in [1.807, 2.05) is 72.8 Å². The van der Waals surface area contributed by atoms with E-state index in [2.05, 4.69) is 15.9 Å². The number of halogens is 1. The molecular weight excluding hydrogens is 444 g/mol. The van der Waals surface area contributed by atoms with Gasteiger partial charge in [-0.3, -0.25) is 9.69 Å². The highest BCUT2D eigenvalue weighted by Gasteiger charge is 2.32. The summed E-state index contributed by atoms with van der Waals surface area (Å²) < 4.78 is 11.5. The van der Waals surface area contributed by atoms with Gasteiger partial charge in [-0.1, -0.05) is 40.2 Å². The van der Waals surface area contributed by atoms with Crippen LogP contribution in [0, 0.1) is 0 Å². The van der Waals surface area contributed by atoms with Crippen molar-refractivity contribution in [2.45, 2.75) is 0 Å². The molecule has 5 nitrogen and oxygen atoms in total. The highest BCUT2D eigenvalue weighted by Crippen LogP contribution is 2.31. The van der Waals surface area contributed by atoms with Gasteiger partial charge in [-0.15, -0.1) is 0 Å². The molecule has 0 aromatic heterocycles. The molecule has 4 rings (SSSR count). The van der Waals surface area contributed by atoms with E-state index in [9.17, 15) is 4.79 Å². The van der Waals surface area contributed by atoms with Crippen molar-refractivity contribution in [2.24, 2.45) is 4.99 Å². The molecule has 30 heavy (non-hydrogen) atoms. The zero-order valence-corrected chi connectivity index (χ0v) is 18.1. The van der Waals surface area contributed by atoms with Crippen LogP contribution in [-0.4, -0.2) is 26.0 Å². The third-order valence-corrected chi connectivity index (χ3v) is 5.20. The number of amides is 1. The van der Waals surface area contributed by atoms with Gasteiger partial charge in [0.2, 0.25) is 0 Å². The lowest BCUT2D eigenvalue weighted by Gasteiger charge is -2.19. The number of ether oxygens (including phenoxy) is 2. The minimum Gasteiger partial charge on any atom is -0.497 e. The Bertz CT molecular complexity index is 1150. The fourth-order valence-corrected chi connectivity index (χ4v) is 3.63. The summed E-state index contributed by atoms with van der Waals surface area (Å²) in [4.78, 5) is 19.7. The Morgan fingerprint density at radius 3 is 2.40 bits per heavy atom. The second kappa shape index (κ2) is 8.55. The fraction of sp³-hybridized carbons (Fsp3) is 0.0833. The smallest absolute Gasteiger partial charge is 0.282 e. The molecule has 1 aliphatic heterocycles. The number of hydrogen-bond donors (Lipinski definition) is 0. The number of rotatable bonds is 5. The maximum absolute atomic E-state index is 13.4. The summed E-state index contributed by atoms with van der Waals surface area (Å²) in [6, 6.07) is 22.6. The Morgan fingerprint density at radius 1 is 0.933 bits per heavy atom. The lowest BCUT2D eigenvalue weighted by molar-refractivity contribution is -0.113. The van der Waals surface area contributed by atoms with Crippen LogP contribution in [0.3, 0.4) is 0 Å². The first-order chi connectivity index (χ1) is 14.6. The van der Waals surface area contributed by atoms with Gasteiger partial charge < -0.3 is 9.47 Å². The van der Waals surface area contributed by atoms with Crippen LogP contribution in [0.15, 0.2) is 88.0 Å². The van der Waals surface area contributed by atoms with Gasteiger partial charge in [-0.2, -0.15) is 0 Å². The zero-order valence-electron chi connectivity index (χ0n) is 16.5. The van der Waals surface area contributed by atoms with Gasteiger partial charge in [0.1, 0.15) is 23.0 Å². The molecule has 1 amide bonds. The molecule has 0 saturated carbocycles. The second-order valence-electron chi connectivity index (χ2n) is 6.56. The predicted molar refractivity (Wildman–Crippen MR) is 122 cm³/mol. The number of carbonyl (C=O) groups is 1. The van der Waals surface area contributed by atoms with Crippen LogP contribution in [0.25, 0.3) is 6.08 Å². The van der Waals surface area contributed by atoms with E-state index < -0.39 is 0 Å². The SMILES string of the molecule is COc1ccc(C2=N/C(=C/c3ccccc3OC)C(=O)N2c2cccc(Br)c2)cc1. The molecular formula is C24H19BrN2O3. The summed E-state index contributed by atoms with van der Waals surface area (Å²) in [5.74, 6) is 1.77. The number of nitrogens with zero attached hydrogens (tertiary/aromatic N) is 2. The van der Waals surface area contributed by atoms with E-state index >= 15 is 0 Å². The quantitative estimate of drug-likeness (QED) is 0.483. The molecule has 0 aliphatic carbocycles. The number of carbonyl (C=O) groups excluding carboxylic acids is 1. The van der Waals surface area contributed by atoms with Gasteiger partial charge in [0.15, 0.2) is 0 Å². The van der Waals surface area contributed by atoms with E-state index in [1.54, 1.807) is 25.2 Å². The zero-order chi connectivity index (χ0) is 21.1. The van der Waals surface area contributed by atoms with Gasteiger partial charge in [0, 0.05) is 15.6 Å². The molecule has 3 aromatic rings. The molecule has 0 radical (unpaired) electrons. The topological polar surface area (TPSA) is 51.1 Å². The lowest BCUT2D eigenvalue weighted by atomic mass is 10.1. The number of hydrogen-bond acceptors (Lipinski definition) is 4. The molecule has 0 N–H and O–H groups in total. The number of benzene rings is 3. The molecule has 0 spiro atoms. The highest BCUT2D eigenvalue weighted by atomic mass is 79.9. The van der Waals surface area contributed by atoms with Crippen LogP contribution >= 0.6 is 15.9 Å². The maximum atomic E-state index is 13.4. The fourth-order valence-electron chi connectivity index (χ4n) is 3.24. The summed E-state index contributed by atoms with van der Waals surface area (Å²) in [7, 11) is 3.22. The monoisotopic (exact) mass is 462 g/mol. The second-order valence-corrected chi connectivity index (χ2v) is 7.47. The summed E-state index contributed by atoms with van der Waals surface area (Å²) in [5.41, 5.74) is 2.67. The van der Waals surface area contributed by atoms with E-state index in [0.717, 1.165) is 27.0 Å². The molecule has 0 saturated heterocycles. The van der Waals surface area contributed by atoms with Crippen molar-refractivity contribution in [3.05, 3.63) is 94.1 Å². The minimum absolute atomic E-state index is 0.204. The first-order valence-corrected chi connectivity index (χ1v) is 10.1. The molecule has 1 heterocycles. The number of methoxy groups -OCH3 is 2. The standard InChI is InChI=1S/C24H19BrN2O3/c1-29-20-12-10-16(11-13-20)23-26-21(14-17-6-3-4-9-22(17)30-2)24(28)27(23)19-8-5-7-18(25)15-19/h3-15H,1-2H3/b21-14+. The van der Waals surface area contributed by atoms with E-state index in [0.29, 0.717) is 17.3 Å². The van der Waals surface area contributed by atoms with E-state index in [-0.39, 0.29) is 5.91 Å². The lowest BCUT2D eigenvalue weighted by Crippen LogP contribution is -2.32. The van der Waals surface area contributed by atoms with E-state index in [4.69, 9.17) is 14.5 Å². The molecule has 3 aromatic carbocycles. The molecule has 0 bridgehead atoms. The minimum atomic E-state index is -0.204. The first kappa shape index (κ1) is 19.9. The van der Waals surface area contributed by atoms with Gasteiger partial charge in [-0.25, -0.2) is 4.99 Å². The number of anilines is 1. The van der Waals surface area contributed by atoms with Crippen molar-refractivity contribution in [3.8, 4) is 11.5 Å². The van der Waals surface area contributed by atoms with Crippen LogP contribution in [0.2, 0.25) is 0 Å². The molecule has 1 aliphatic rings. The summed E-state index contributed by atoms with van der Waals surface area (Å²) in [6.07, 6.45) is 1.75. The van der Waals surface area contributed by atoms with Crippen molar-refractivity contribution >= 4 is 39.4 Å². The molecule has 0 unspecified atom stereocenters. The Kier molecular flexibility index (Phi) is 5.68. The van der Waals surface area contributed by atoms with Crippen LogP contribution in [0.1, 0.15) is 11.1 Å². The van der Waals surface area contributed by atoms with Crippen molar-refractivity contribution in [3.63, 3.8) is 0 Å². The molecule has 0 atom stereocenters. The Morgan fingerprint density at radius 2 is 1.70 bits per heavy atom. The Hall–Kier alpha value is -3.38. The van der Waals surface area contributed by atoms with Crippen molar-refractivity contribution in [1.82, 2.24) is 0 Å². The van der Waals surface area contributed by atoms with Crippen LogP contribution in [-0.2, 0) is 4.79 Å². The number of aliphatic imine (C=N–C) groups is 1. The highest BCUT2D eigenvalue weighted by molar-refractivity contribution is 9.10. The Labute approximate surface area is 183 Å². The Balaban J connectivity index is 1.84. The van der Waals surface area contributed by atoms with Crippen molar-refractivity contribution in [2.75, 3.05) is 19.1 Å². The summed E-state index contributed by atoms with van der Waals surface area (Å²) in [6.45, 7) is 0. The van der Waals surface area contributed by atoms with Gasteiger partial charge >= 0.3 is 0 Å². The van der Waals surface area contributed by atoms with Crippen LogP contribution < -0.4 is 14.4 Å². The normalized spacial score (nSPS) is 14.8. The molecule has 6 heteroatoms. The van der Waals surface area contributed by atoms with E-state index in [1.165, 1.54) is 0 Å². The van der Waals surface area contributed by atoms with Gasteiger partial charge in [-0.05, 0) is 54.6 Å². The van der Waals surface area contributed by atoms with Crippen molar-refractivity contribution in [1.29, 1.82) is 0 Å². The third-order valence-electron chi connectivity index (χ3n) is 4.71. The average Bonchev–Trinajstić information content (AvgIpc) is 3.10. The van der Waals surface area contributed by atoms with Crippen molar-refractivity contribution < 1.29 is 14.3 Å². The first-order valence-electron chi connectivity index (χ1n) is 9.28. The van der Waals surface area contributed by atoms with Crippen LogP contribution in [0.4, 0.5) is 5.69 Å². The average molecular weight is 463 g/mol. The number of para-hydroxylation sites is 1. The predicted octanol–water partition coefficient (Wildman–Crippen LogP) is 5.30. The van der Waals surface area contributed by atoms with Gasteiger partial charge in [0.05, 0.1) is 19.9 Å². The molecule has 150 valence electrons. The largest absolute Gasteiger partial charge is 0.497 e. The molecule has 0 fully saturated rings. The maximum Gasteiger partial charge on any atom is 0.282 e.